The number of ketones is 1. The minimum absolute atomic E-state index is 0.0118. The van der Waals surface area contributed by atoms with E-state index in [0.29, 0.717) is 34.3 Å². The summed E-state index contributed by atoms with van der Waals surface area (Å²) in [5.41, 5.74) is 2.62. The third-order valence-corrected chi connectivity index (χ3v) is 5.14. The summed E-state index contributed by atoms with van der Waals surface area (Å²) in [6.45, 7) is 0.949. The van der Waals surface area contributed by atoms with Crippen molar-refractivity contribution in [2.45, 2.75) is 18.9 Å². The fourth-order valence-electron chi connectivity index (χ4n) is 3.80. The lowest BCUT2D eigenvalue weighted by atomic mass is 9.88. The van der Waals surface area contributed by atoms with Gasteiger partial charge in [0.15, 0.2) is 17.3 Å². The molecule has 0 amide bonds. The molecule has 0 fully saturated rings. The van der Waals surface area contributed by atoms with Crippen LogP contribution in [0, 0.1) is 0 Å². The zero-order valence-electron chi connectivity index (χ0n) is 16.2. The Morgan fingerprint density at radius 2 is 1.82 bits per heavy atom. The van der Waals surface area contributed by atoms with Gasteiger partial charge in [-0.25, -0.2) is 0 Å². The second kappa shape index (κ2) is 7.59. The van der Waals surface area contributed by atoms with Crippen LogP contribution in [-0.2, 0) is 6.42 Å². The van der Waals surface area contributed by atoms with Crippen LogP contribution in [0.1, 0.15) is 33.9 Å². The lowest BCUT2D eigenvalue weighted by Gasteiger charge is -2.29. The van der Waals surface area contributed by atoms with Crippen molar-refractivity contribution in [2.75, 3.05) is 34.7 Å². The average Bonchev–Trinajstić information content (AvgIpc) is 3.20. The first-order valence-corrected chi connectivity index (χ1v) is 9.13. The average molecular weight is 385 g/mol. The lowest BCUT2D eigenvalue weighted by Crippen LogP contribution is -2.32. The van der Waals surface area contributed by atoms with Crippen LogP contribution in [-0.4, -0.2) is 40.5 Å². The van der Waals surface area contributed by atoms with E-state index in [-0.39, 0.29) is 25.0 Å². The van der Waals surface area contributed by atoms with Crippen molar-refractivity contribution < 1.29 is 28.5 Å². The van der Waals surface area contributed by atoms with E-state index in [0.717, 1.165) is 24.1 Å². The summed E-state index contributed by atoms with van der Waals surface area (Å²) in [5.74, 6) is 3.09. The van der Waals surface area contributed by atoms with Gasteiger partial charge in [-0.2, -0.15) is 0 Å². The van der Waals surface area contributed by atoms with Gasteiger partial charge in [-0.3, -0.25) is 4.79 Å². The highest BCUT2D eigenvalue weighted by Gasteiger charge is 2.32. The standard InChI is InChI=1S/C21H23NO6/c1-24-14-6-13(7-15(9-14)25-2)17(23)10-16-19-12(4-5-22-16)8-18-20(21(19)26-3)28-11-27-18/h6-9,16,22H,4-5,10-11H2,1-3H3. The first-order valence-electron chi connectivity index (χ1n) is 9.13. The summed E-state index contributed by atoms with van der Waals surface area (Å²) in [7, 11) is 4.74. The molecule has 0 aromatic heterocycles. The number of methoxy groups -OCH3 is 3. The van der Waals surface area contributed by atoms with E-state index in [1.165, 1.54) is 0 Å². The highest BCUT2D eigenvalue weighted by molar-refractivity contribution is 5.97. The molecule has 1 atom stereocenters. The van der Waals surface area contributed by atoms with Crippen LogP contribution >= 0.6 is 0 Å². The van der Waals surface area contributed by atoms with E-state index < -0.39 is 0 Å². The molecule has 0 saturated heterocycles. The number of hydrogen-bond donors (Lipinski definition) is 1. The molecule has 1 N–H and O–H groups in total. The van der Waals surface area contributed by atoms with Gasteiger partial charge < -0.3 is 29.0 Å². The molecule has 0 aliphatic carbocycles. The van der Waals surface area contributed by atoms with E-state index in [4.69, 9.17) is 23.7 Å². The summed E-state index contributed by atoms with van der Waals surface area (Å²) >= 11 is 0. The number of fused-ring (bicyclic) bond motifs is 2. The maximum atomic E-state index is 13.0. The molecule has 1 unspecified atom stereocenters. The van der Waals surface area contributed by atoms with Gasteiger partial charge in [-0.15, -0.1) is 0 Å². The Hall–Kier alpha value is -2.93. The zero-order valence-corrected chi connectivity index (χ0v) is 16.2. The first kappa shape index (κ1) is 18.4. The maximum Gasteiger partial charge on any atom is 0.231 e. The molecular weight excluding hydrogens is 362 g/mol. The van der Waals surface area contributed by atoms with Gasteiger partial charge >= 0.3 is 0 Å². The summed E-state index contributed by atoms with van der Waals surface area (Å²) in [6.07, 6.45) is 1.11. The van der Waals surface area contributed by atoms with Gasteiger partial charge in [-0.1, -0.05) is 0 Å². The number of ether oxygens (including phenoxy) is 5. The van der Waals surface area contributed by atoms with Crippen LogP contribution in [0.4, 0.5) is 0 Å². The van der Waals surface area contributed by atoms with E-state index in [9.17, 15) is 4.79 Å². The Balaban J connectivity index is 1.67. The molecule has 28 heavy (non-hydrogen) atoms. The SMILES string of the molecule is COc1cc(OC)cc(C(=O)CC2NCCc3cc4c(c(OC)c32)OCO4)c1. The molecule has 7 nitrogen and oxygen atoms in total. The van der Waals surface area contributed by atoms with Crippen molar-refractivity contribution in [2.24, 2.45) is 0 Å². The predicted octanol–water partition coefficient (Wildman–Crippen LogP) is 2.90. The van der Waals surface area contributed by atoms with Crippen molar-refractivity contribution in [1.82, 2.24) is 5.32 Å². The molecule has 2 aliphatic heterocycles. The Morgan fingerprint density at radius 3 is 2.50 bits per heavy atom. The third kappa shape index (κ3) is 3.22. The number of rotatable bonds is 6. The van der Waals surface area contributed by atoms with Crippen LogP contribution in [0.25, 0.3) is 0 Å². The van der Waals surface area contributed by atoms with E-state index >= 15 is 0 Å². The summed E-state index contributed by atoms with van der Waals surface area (Å²) < 4.78 is 27.3. The van der Waals surface area contributed by atoms with E-state index in [1.807, 2.05) is 6.07 Å². The van der Waals surface area contributed by atoms with Crippen molar-refractivity contribution in [1.29, 1.82) is 0 Å². The molecule has 0 spiro atoms. The largest absolute Gasteiger partial charge is 0.497 e. The normalized spacial score (nSPS) is 17.0. The molecule has 2 aromatic carbocycles. The monoisotopic (exact) mass is 385 g/mol. The topological polar surface area (TPSA) is 75.3 Å². The van der Waals surface area contributed by atoms with Gasteiger partial charge in [-0.05, 0) is 36.7 Å². The highest BCUT2D eigenvalue weighted by atomic mass is 16.7. The number of carbonyl (C=O) groups excluding carboxylic acids is 1. The third-order valence-electron chi connectivity index (χ3n) is 5.14. The fraction of sp³-hybridized carbons (Fsp3) is 0.381. The molecule has 7 heteroatoms. The summed E-state index contributed by atoms with van der Waals surface area (Å²) in [5, 5.41) is 3.44. The Kier molecular flexibility index (Phi) is 5.00. The zero-order chi connectivity index (χ0) is 19.7. The Labute approximate surface area is 163 Å². The predicted molar refractivity (Wildman–Crippen MR) is 102 cm³/mol. The maximum absolute atomic E-state index is 13.0. The fourth-order valence-corrected chi connectivity index (χ4v) is 3.80. The molecule has 0 bridgehead atoms. The quantitative estimate of drug-likeness (QED) is 0.767. The van der Waals surface area contributed by atoms with Crippen molar-refractivity contribution in [3.05, 3.63) is 41.0 Å². The summed E-state index contributed by atoms with van der Waals surface area (Å²) in [6, 6.07) is 7.01. The van der Waals surface area contributed by atoms with Crippen LogP contribution in [0.5, 0.6) is 28.7 Å². The highest BCUT2D eigenvalue weighted by Crippen LogP contribution is 2.48. The van der Waals surface area contributed by atoms with Gasteiger partial charge in [0.25, 0.3) is 0 Å². The van der Waals surface area contributed by atoms with Crippen molar-refractivity contribution in [3.8, 4) is 28.7 Å². The van der Waals surface area contributed by atoms with Crippen molar-refractivity contribution in [3.63, 3.8) is 0 Å². The van der Waals surface area contributed by atoms with E-state index in [2.05, 4.69) is 5.32 Å². The van der Waals surface area contributed by atoms with Crippen LogP contribution < -0.4 is 29.0 Å². The van der Waals surface area contributed by atoms with Crippen LogP contribution in [0.2, 0.25) is 0 Å². The van der Waals surface area contributed by atoms with Crippen LogP contribution in [0.15, 0.2) is 24.3 Å². The summed E-state index contributed by atoms with van der Waals surface area (Å²) in [4.78, 5) is 13.0. The molecule has 0 radical (unpaired) electrons. The molecular formula is C21H23NO6. The van der Waals surface area contributed by atoms with Gasteiger partial charge in [0.05, 0.1) is 21.3 Å². The molecule has 2 heterocycles. The second-order valence-electron chi connectivity index (χ2n) is 6.70. The Bertz CT molecular complexity index is 888. The smallest absolute Gasteiger partial charge is 0.231 e. The molecule has 0 saturated carbocycles. The van der Waals surface area contributed by atoms with Crippen molar-refractivity contribution >= 4 is 5.78 Å². The van der Waals surface area contributed by atoms with E-state index in [1.54, 1.807) is 39.5 Å². The lowest BCUT2D eigenvalue weighted by molar-refractivity contribution is 0.0966. The minimum atomic E-state index is -0.183. The molecule has 4 rings (SSSR count). The number of Topliss-reactive ketones (excluding diaryl/α,β-unsaturated/α-hetero) is 1. The van der Waals surface area contributed by atoms with Gasteiger partial charge in [0.2, 0.25) is 12.5 Å². The number of carbonyl (C=O) groups is 1. The number of nitrogens with one attached hydrogen (secondary N) is 1. The number of hydrogen-bond acceptors (Lipinski definition) is 7. The first-order chi connectivity index (χ1) is 13.6. The Morgan fingerprint density at radius 1 is 1.07 bits per heavy atom. The molecule has 2 aliphatic rings. The van der Waals surface area contributed by atoms with Gasteiger partial charge in [0, 0.05) is 29.7 Å². The molecule has 148 valence electrons. The van der Waals surface area contributed by atoms with Crippen LogP contribution in [0.3, 0.4) is 0 Å². The number of benzene rings is 2. The minimum Gasteiger partial charge on any atom is -0.497 e. The van der Waals surface area contributed by atoms with Gasteiger partial charge in [0.1, 0.15) is 11.5 Å². The molecule has 2 aromatic rings. The second-order valence-corrected chi connectivity index (χ2v) is 6.70.